The highest BCUT2D eigenvalue weighted by Gasteiger charge is 2.13. The molecular weight excluding hydrogens is 182 g/mol. The lowest BCUT2D eigenvalue weighted by Crippen LogP contribution is -2.32. The SMILES string of the molecule is Nc1ccc(C2=NNC(=O)CO2)cc1. The Morgan fingerprint density at radius 3 is 2.64 bits per heavy atom. The van der Waals surface area contributed by atoms with E-state index in [0.29, 0.717) is 11.6 Å². The highest BCUT2D eigenvalue weighted by atomic mass is 16.5. The number of benzene rings is 1. The number of amides is 1. The molecule has 1 aliphatic heterocycles. The van der Waals surface area contributed by atoms with Crippen molar-refractivity contribution in [1.29, 1.82) is 0 Å². The molecule has 5 heteroatoms. The number of rotatable bonds is 1. The van der Waals surface area contributed by atoms with Crippen LogP contribution in [0.3, 0.4) is 0 Å². The van der Waals surface area contributed by atoms with Crippen LogP contribution in [0.25, 0.3) is 0 Å². The number of ether oxygens (including phenoxy) is 1. The third-order valence-electron chi connectivity index (χ3n) is 1.78. The predicted molar refractivity (Wildman–Crippen MR) is 51.5 cm³/mol. The summed E-state index contributed by atoms with van der Waals surface area (Å²) in [5, 5.41) is 3.76. The third kappa shape index (κ3) is 1.66. The van der Waals surface area contributed by atoms with Gasteiger partial charge in [0.05, 0.1) is 0 Å². The van der Waals surface area contributed by atoms with E-state index >= 15 is 0 Å². The Hall–Kier alpha value is -2.04. The van der Waals surface area contributed by atoms with Crippen LogP contribution < -0.4 is 11.2 Å². The number of nitrogen functional groups attached to an aromatic ring is 1. The van der Waals surface area contributed by atoms with Crippen molar-refractivity contribution in [3.05, 3.63) is 29.8 Å². The molecule has 72 valence electrons. The fourth-order valence-corrected chi connectivity index (χ4v) is 1.09. The zero-order valence-corrected chi connectivity index (χ0v) is 7.36. The average Bonchev–Trinajstić information content (AvgIpc) is 2.21. The summed E-state index contributed by atoms with van der Waals surface area (Å²) in [6.45, 7) is 0.00318. The van der Waals surface area contributed by atoms with Crippen molar-refractivity contribution >= 4 is 17.5 Å². The molecule has 1 heterocycles. The van der Waals surface area contributed by atoms with Crippen molar-refractivity contribution in [2.75, 3.05) is 12.3 Å². The van der Waals surface area contributed by atoms with Crippen LogP contribution in [0.1, 0.15) is 5.56 Å². The summed E-state index contributed by atoms with van der Waals surface area (Å²) < 4.78 is 5.11. The fraction of sp³-hybridized carbons (Fsp3) is 0.111. The quantitative estimate of drug-likeness (QED) is 0.617. The van der Waals surface area contributed by atoms with Crippen LogP contribution in [0.2, 0.25) is 0 Å². The lowest BCUT2D eigenvalue weighted by Gasteiger charge is -2.13. The molecule has 3 N–H and O–H groups in total. The molecule has 0 aliphatic carbocycles. The molecule has 1 aromatic carbocycles. The van der Waals surface area contributed by atoms with Gasteiger partial charge in [0.25, 0.3) is 5.91 Å². The first-order valence-electron chi connectivity index (χ1n) is 4.11. The van der Waals surface area contributed by atoms with E-state index in [2.05, 4.69) is 10.5 Å². The Labute approximate surface area is 80.6 Å². The highest BCUT2D eigenvalue weighted by Crippen LogP contribution is 2.08. The van der Waals surface area contributed by atoms with Crippen molar-refractivity contribution in [3.8, 4) is 0 Å². The molecule has 1 aliphatic rings. The summed E-state index contributed by atoms with van der Waals surface area (Å²) in [6.07, 6.45) is 0. The zero-order chi connectivity index (χ0) is 9.97. The number of nitrogens with one attached hydrogen (secondary N) is 1. The van der Waals surface area contributed by atoms with Crippen LogP contribution in [0.5, 0.6) is 0 Å². The van der Waals surface area contributed by atoms with Crippen LogP contribution in [0.15, 0.2) is 29.4 Å². The molecule has 0 saturated heterocycles. The van der Waals surface area contributed by atoms with E-state index in [1.54, 1.807) is 24.3 Å². The molecule has 0 fully saturated rings. The van der Waals surface area contributed by atoms with E-state index in [1.165, 1.54) is 0 Å². The Balaban J connectivity index is 2.23. The zero-order valence-electron chi connectivity index (χ0n) is 7.36. The Bertz CT molecular complexity index is 384. The molecule has 14 heavy (non-hydrogen) atoms. The van der Waals surface area contributed by atoms with Gasteiger partial charge in [-0.05, 0) is 24.3 Å². The monoisotopic (exact) mass is 191 g/mol. The molecule has 0 aromatic heterocycles. The number of nitrogens with two attached hydrogens (primary N) is 1. The van der Waals surface area contributed by atoms with Gasteiger partial charge in [-0.15, -0.1) is 5.10 Å². The maximum atomic E-state index is 10.7. The summed E-state index contributed by atoms with van der Waals surface area (Å²) in [5.41, 5.74) is 9.33. The Morgan fingerprint density at radius 2 is 2.07 bits per heavy atom. The molecule has 0 unspecified atom stereocenters. The van der Waals surface area contributed by atoms with Crippen molar-refractivity contribution in [1.82, 2.24) is 5.43 Å². The van der Waals surface area contributed by atoms with Gasteiger partial charge in [-0.1, -0.05) is 0 Å². The first kappa shape index (κ1) is 8.55. The van der Waals surface area contributed by atoms with Crippen LogP contribution in [0, 0.1) is 0 Å². The van der Waals surface area contributed by atoms with Gasteiger partial charge in [-0.25, -0.2) is 5.43 Å². The first-order valence-corrected chi connectivity index (χ1v) is 4.11. The second-order valence-electron chi connectivity index (χ2n) is 2.86. The Kier molecular flexibility index (Phi) is 2.06. The summed E-state index contributed by atoms with van der Waals surface area (Å²) in [6, 6.07) is 7.06. The van der Waals surface area contributed by atoms with Gasteiger partial charge in [0.1, 0.15) is 0 Å². The number of hydrazone groups is 1. The van der Waals surface area contributed by atoms with Gasteiger partial charge < -0.3 is 10.5 Å². The number of anilines is 1. The summed E-state index contributed by atoms with van der Waals surface area (Å²) >= 11 is 0. The van der Waals surface area contributed by atoms with Crippen molar-refractivity contribution in [2.45, 2.75) is 0 Å². The molecular formula is C9H9N3O2. The maximum Gasteiger partial charge on any atom is 0.278 e. The second-order valence-corrected chi connectivity index (χ2v) is 2.86. The number of carbonyl (C=O) groups excluding carboxylic acids is 1. The molecule has 5 nitrogen and oxygen atoms in total. The van der Waals surface area contributed by atoms with Crippen molar-refractivity contribution in [3.63, 3.8) is 0 Å². The smallest absolute Gasteiger partial charge is 0.278 e. The molecule has 0 radical (unpaired) electrons. The third-order valence-corrected chi connectivity index (χ3v) is 1.78. The standard InChI is InChI=1S/C9H9N3O2/c10-7-3-1-6(2-4-7)9-12-11-8(13)5-14-9/h1-4H,5,10H2,(H,11,13). The summed E-state index contributed by atoms with van der Waals surface area (Å²) in [5.74, 6) is 0.161. The molecule has 1 aromatic rings. The van der Waals surface area contributed by atoms with Gasteiger partial charge in [-0.3, -0.25) is 4.79 Å². The topological polar surface area (TPSA) is 76.7 Å². The van der Waals surface area contributed by atoms with Gasteiger partial charge in [0.2, 0.25) is 5.90 Å². The predicted octanol–water partition coefficient (Wildman–Crippen LogP) is 0.0768. The first-order chi connectivity index (χ1) is 6.75. The number of hydrogen-bond donors (Lipinski definition) is 2. The van der Waals surface area contributed by atoms with Crippen LogP contribution in [-0.4, -0.2) is 18.4 Å². The molecule has 0 bridgehead atoms. The average molecular weight is 191 g/mol. The largest absolute Gasteiger partial charge is 0.466 e. The second kappa shape index (κ2) is 3.37. The normalized spacial score (nSPS) is 15.4. The van der Waals surface area contributed by atoms with E-state index in [0.717, 1.165) is 5.56 Å². The van der Waals surface area contributed by atoms with Crippen LogP contribution in [0.4, 0.5) is 5.69 Å². The van der Waals surface area contributed by atoms with Gasteiger partial charge in [0, 0.05) is 11.3 Å². The van der Waals surface area contributed by atoms with Gasteiger partial charge >= 0.3 is 0 Å². The molecule has 0 saturated carbocycles. The lowest BCUT2D eigenvalue weighted by molar-refractivity contribution is -0.124. The maximum absolute atomic E-state index is 10.7. The van der Waals surface area contributed by atoms with Gasteiger partial charge in [-0.2, -0.15) is 0 Å². The molecule has 0 atom stereocenters. The summed E-state index contributed by atoms with van der Waals surface area (Å²) in [7, 11) is 0. The van der Waals surface area contributed by atoms with Crippen molar-refractivity contribution in [2.24, 2.45) is 5.10 Å². The van der Waals surface area contributed by atoms with Crippen LogP contribution >= 0.6 is 0 Å². The van der Waals surface area contributed by atoms with E-state index in [1.807, 2.05) is 0 Å². The fourth-order valence-electron chi connectivity index (χ4n) is 1.09. The van der Waals surface area contributed by atoms with E-state index in [9.17, 15) is 4.79 Å². The minimum atomic E-state index is -0.246. The molecule has 2 rings (SSSR count). The van der Waals surface area contributed by atoms with E-state index in [-0.39, 0.29) is 12.5 Å². The molecule has 0 spiro atoms. The Morgan fingerprint density at radius 1 is 1.36 bits per heavy atom. The number of carbonyl (C=O) groups is 1. The van der Waals surface area contributed by atoms with Crippen molar-refractivity contribution < 1.29 is 9.53 Å². The molecule has 1 amide bonds. The number of hydrogen-bond acceptors (Lipinski definition) is 4. The van der Waals surface area contributed by atoms with E-state index < -0.39 is 0 Å². The lowest BCUT2D eigenvalue weighted by atomic mass is 10.2. The minimum absolute atomic E-state index is 0.00318. The minimum Gasteiger partial charge on any atom is -0.466 e. The number of nitrogens with zero attached hydrogens (tertiary/aromatic N) is 1. The van der Waals surface area contributed by atoms with Gasteiger partial charge in [0.15, 0.2) is 6.61 Å². The van der Waals surface area contributed by atoms with E-state index in [4.69, 9.17) is 10.5 Å². The summed E-state index contributed by atoms with van der Waals surface area (Å²) in [4.78, 5) is 10.7. The van der Waals surface area contributed by atoms with Crippen LogP contribution in [-0.2, 0) is 9.53 Å². The highest BCUT2D eigenvalue weighted by molar-refractivity contribution is 5.98.